The maximum atomic E-state index is 11.9. The summed E-state index contributed by atoms with van der Waals surface area (Å²) in [5.74, 6) is -0.721. The summed E-state index contributed by atoms with van der Waals surface area (Å²) in [7, 11) is 0. The van der Waals surface area contributed by atoms with E-state index < -0.39 is 28.5 Å². The van der Waals surface area contributed by atoms with Gasteiger partial charge >= 0.3 is 11.7 Å². The molecule has 0 saturated heterocycles. The van der Waals surface area contributed by atoms with Crippen molar-refractivity contribution in [3.05, 3.63) is 33.9 Å². The number of carbonyl (C=O) groups is 2. The standard InChI is InChI=1S/C15H21N3O5/c1-9-6-7-12(11(8-9)18(21)22)23-10(2)13(19)16-14(20)17-15(3,4)5/h6-8,10H,1-5H3,(H2,16,17,19,20)/t10-/m0/s1. The van der Waals surface area contributed by atoms with Crippen molar-refractivity contribution in [1.29, 1.82) is 0 Å². The number of ether oxygens (including phenoxy) is 1. The number of nitro benzene ring substituents is 1. The SMILES string of the molecule is Cc1ccc(O[C@@H](C)C(=O)NC(=O)NC(C)(C)C)c([N+](=O)[O-])c1. The van der Waals surface area contributed by atoms with Gasteiger partial charge in [0.25, 0.3) is 5.91 Å². The highest BCUT2D eigenvalue weighted by Crippen LogP contribution is 2.28. The predicted molar refractivity (Wildman–Crippen MR) is 84.4 cm³/mol. The van der Waals surface area contributed by atoms with E-state index in [-0.39, 0.29) is 11.4 Å². The van der Waals surface area contributed by atoms with E-state index in [1.807, 2.05) is 0 Å². The zero-order valence-corrected chi connectivity index (χ0v) is 13.8. The van der Waals surface area contributed by atoms with Gasteiger partial charge in [-0.3, -0.25) is 20.2 Å². The number of benzene rings is 1. The smallest absolute Gasteiger partial charge is 0.321 e. The Kier molecular flexibility index (Phi) is 5.67. The summed E-state index contributed by atoms with van der Waals surface area (Å²) >= 11 is 0. The molecule has 1 rings (SSSR count). The molecule has 0 aliphatic rings. The Morgan fingerprint density at radius 2 is 1.91 bits per heavy atom. The number of rotatable bonds is 4. The molecule has 0 aromatic heterocycles. The number of hydrogen-bond donors (Lipinski definition) is 2. The Balaban J connectivity index is 2.76. The molecule has 0 radical (unpaired) electrons. The minimum Gasteiger partial charge on any atom is -0.474 e. The van der Waals surface area contributed by atoms with Crippen LogP contribution in [0.3, 0.4) is 0 Å². The van der Waals surface area contributed by atoms with Gasteiger partial charge in [0, 0.05) is 11.6 Å². The first-order valence-corrected chi connectivity index (χ1v) is 7.04. The maximum Gasteiger partial charge on any atom is 0.321 e. The third-order valence-electron chi connectivity index (χ3n) is 2.71. The van der Waals surface area contributed by atoms with Crippen LogP contribution in [0.4, 0.5) is 10.5 Å². The molecule has 3 amide bonds. The molecule has 8 heteroatoms. The van der Waals surface area contributed by atoms with Gasteiger partial charge in [0.05, 0.1) is 4.92 Å². The summed E-state index contributed by atoms with van der Waals surface area (Å²) in [5, 5.41) is 15.7. The van der Waals surface area contributed by atoms with Gasteiger partial charge in [-0.05, 0) is 46.2 Å². The minimum absolute atomic E-state index is 0.0283. The zero-order chi connectivity index (χ0) is 17.8. The molecule has 1 aromatic carbocycles. The Bertz CT molecular complexity index is 622. The maximum absolute atomic E-state index is 11.9. The number of urea groups is 1. The van der Waals surface area contributed by atoms with Crippen molar-refractivity contribution in [3.8, 4) is 5.75 Å². The first kappa shape index (κ1) is 18.4. The molecule has 0 bridgehead atoms. The van der Waals surface area contributed by atoms with Crippen LogP contribution in [0.15, 0.2) is 18.2 Å². The highest BCUT2D eigenvalue weighted by Gasteiger charge is 2.23. The molecule has 126 valence electrons. The van der Waals surface area contributed by atoms with Crippen LogP contribution in [0.25, 0.3) is 0 Å². The van der Waals surface area contributed by atoms with Crippen LogP contribution < -0.4 is 15.4 Å². The summed E-state index contributed by atoms with van der Waals surface area (Å²) in [5.41, 5.74) is -0.0287. The van der Waals surface area contributed by atoms with Crippen molar-refractivity contribution in [3.63, 3.8) is 0 Å². The Morgan fingerprint density at radius 1 is 1.30 bits per heavy atom. The molecule has 1 aromatic rings. The number of hydrogen-bond acceptors (Lipinski definition) is 5. The summed E-state index contributed by atoms with van der Waals surface area (Å²) in [4.78, 5) is 34.0. The monoisotopic (exact) mass is 323 g/mol. The number of imide groups is 1. The Labute approximate surface area is 134 Å². The van der Waals surface area contributed by atoms with E-state index in [2.05, 4.69) is 10.6 Å². The van der Waals surface area contributed by atoms with Crippen LogP contribution in [-0.4, -0.2) is 28.5 Å². The number of amides is 3. The van der Waals surface area contributed by atoms with Crippen molar-refractivity contribution in [1.82, 2.24) is 10.6 Å². The second-order valence-corrected chi connectivity index (χ2v) is 6.18. The lowest BCUT2D eigenvalue weighted by Gasteiger charge is -2.21. The molecule has 0 fully saturated rings. The number of nitrogens with zero attached hydrogens (tertiary/aromatic N) is 1. The summed E-state index contributed by atoms with van der Waals surface area (Å²) < 4.78 is 5.32. The van der Waals surface area contributed by atoms with Gasteiger partial charge in [0.1, 0.15) is 0 Å². The molecule has 8 nitrogen and oxygen atoms in total. The van der Waals surface area contributed by atoms with Gasteiger partial charge in [-0.25, -0.2) is 4.79 Å². The first-order valence-electron chi connectivity index (χ1n) is 7.04. The van der Waals surface area contributed by atoms with E-state index in [9.17, 15) is 19.7 Å². The fourth-order valence-electron chi connectivity index (χ4n) is 1.70. The van der Waals surface area contributed by atoms with Gasteiger partial charge in [-0.2, -0.15) is 0 Å². The molecule has 23 heavy (non-hydrogen) atoms. The highest BCUT2D eigenvalue weighted by atomic mass is 16.6. The first-order chi connectivity index (χ1) is 10.5. The van der Waals surface area contributed by atoms with Gasteiger partial charge in [-0.1, -0.05) is 6.07 Å². The van der Waals surface area contributed by atoms with Crippen molar-refractivity contribution >= 4 is 17.6 Å². The van der Waals surface area contributed by atoms with Crippen LogP contribution in [-0.2, 0) is 4.79 Å². The third-order valence-corrected chi connectivity index (χ3v) is 2.71. The third kappa shape index (κ3) is 5.93. The number of carbonyl (C=O) groups excluding carboxylic acids is 2. The van der Waals surface area contributed by atoms with Gasteiger partial charge in [0.2, 0.25) is 0 Å². The van der Waals surface area contributed by atoms with E-state index in [4.69, 9.17) is 4.74 Å². The summed E-state index contributed by atoms with van der Waals surface area (Å²) in [6.07, 6.45) is -1.07. The van der Waals surface area contributed by atoms with Crippen molar-refractivity contribution in [2.75, 3.05) is 0 Å². The molecule has 0 saturated carbocycles. The van der Waals surface area contributed by atoms with Crippen LogP contribution in [0.1, 0.15) is 33.3 Å². The van der Waals surface area contributed by atoms with Crippen LogP contribution in [0.5, 0.6) is 5.75 Å². The fourth-order valence-corrected chi connectivity index (χ4v) is 1.70. The molecule has 0 heterocycles. The molecule has 0 spiro atoms. The normalized spacial score (nSPS) is 12.2. The largest absolute Gasteiger partial charge is 0.474 e. The van der Waals surface area contributed by atoms with Gasteiger partial charge in [-0.15, -0.1) is 0 Å². The van der Waals surface area contributed by atoms with Crippen LogP contribution in [0, 0.1) is 17.0 Å². The predicted octanol–water partition coefficient (Wildman–Crippen LogP) is 2.29. The molecule has 0 unspecified atom stereocenters. The van der Waals surface area contributed by atoms with Gasteiger partial charge < -0.3 is 10.1 Å². The lowest BCUT2D eigenvalue weighted by Crippen LogP contribution is -2.50. The van der Waals surface area contributed by atoms with E-state index in [0.717, 1.165) is 0 Å². The average molecular weight is 323 g/mol. The van der Waals surface area contributed by atoms with Gasteiger partial charge in [0.15, 0.2) is 11.9 Å². The van der Waals surface area contributed by atoms with Crippen LogP contribution in [0.2, 0.25) is 0 Å². The van der Waals surface area contributed by atoms with Crippen molar-refractivity contribution < 1.29 is 19.2 Å². The van der Waals surface area contributed by atoms with E-state index >= 15 is 0 Å². The zero-order valence-electron chi connectivity index (χ0n) is 13.8. The molecular formula is C15H21N3O5. The molecular weight excluding hydrogens is 302 g/mol. The molecule has 0 aliphatic carbocycles. The second-order valence-electron chi connectivity index (χ2n) is 6.18. The second kappa shape index (κ2) is 7.08. The molecule has 2 N–H and O–H groups in total. The average Bonchev–Trinajstić information content (AvgIpc) is 2.38. The molecule has 0 aliphatic heterocycles. The Hall–Kier alpha value is -2.64. The topological polar surface area (TPSA) is 111 Å². The minimum atomic E-state index is -1.07. The van der Waals surface area contributed by atoms with Crippen molar-refractivity contribution in [2.24, 2.45) is 0 Å². The highest BCUT2D eigenvalue weighted by molar-refractivity contribution is 5.96. The molecule has 1 atom stereocenters. The van der Waals surface area contributed by atoms with E-state index in [0.29, 0.717) is 5.56 Å². The lowest BCUT2D eigenvalue weighted by molar-refractivity contribution is -0.386. The van der Waals surface area contributed by atoms with E-state index in [1.54, 1.807) is 33.8 Å². The quantitative estimate of drug-likeness (QED) is 0.652. The number of nitro groups is 1. The van der Waals surface area contributed by atoms with Crippen molar-refractivity contribution in [2.45, 2.75) is 46.3 Å². The summed E-state index contributed by atoms with van der Waals surface area (Å²) in [6, 6.07) is 3.76. The lowest BCUT2D eigenvalue weighted by atomic mass is 10.1. The summed E-state index contributed by atoms with van der Waals surface area (Å²) in [6.45, 7) is 8.43. The number of nitrogens with one attached hydrogen (secondary N) is 2. The Morgan fingerprint density at radius 3 is 2.43 bits per heavy atom. The number of aryl methyl sites for hydroxylation is 1. The van der Waals surface area contributed by atoms with Crippen LogP contribution >= 0.6 is 0 Å². The van der Waals surface area contributed by atoms with E-state index in [1.165, 1.54) is 19.1 Å². The fraction of sp³-hybridized carbons (Fsp3) is 0.467.